The molecule has 1 aliphatic rings. The summed E-state index contributed by atoms with van der Waals surface area (Å²) in [5.74, 6) is -0.457. The number of carbonyl (C=O) groups is 2. The molecule has 5 N–H and O–H groups in total. The third-order valence-corrected chi connectivity index (χ3v) is 4.89. The van der Waals surface area contributed by atoms with Crippen molar-refractivity contribution >= 4 is 45.3 Å². The fourth-order valence-corrected chi connectivity index (χ4v) is 3.47. The van der Waals surface area contributed by atoms with E-state index in [2.05, 4.69) is 25.0 Å². The van der Waals surface area contributed by atoms with Crippen molar-refractivity contribution in [1.29, 1.82) is 0 Å². The molecule has 3 heterocycles. The highest BCUT2D eigenvalue weighted by molar-refractivity contribution is 7.21. The molecule has 4 rings (SSSR count). The number of ether oxygens (including phenoxy) is 1. The molecule has 26 heavy (non-hydrogen) atoms. The smallest absolute Gasteiger partial charge is 0.397 e. The van der Waals surface area contributed by atoms with Gasteiger partial charge in [-0.1, -0.05) is 0 Å². The number of primary amides is 1. The van der Waals surface area contributed by atoms with Crippen LogP contribution in [0.3, 0.4) is 0 Å². The molecule has 0 aliphatic heterocycles. The van der Waals surface area contributed by atoms with E-state index in [0.717, 1.165) is 29.7 Å². The van der Waals surface area contributed by atoms with Gasteiger partial charge in [0.05, 0.1) is 16.8 Å². The first-order chi connectivity index (χ1) is 12.5. The number of nitrogens with one attached hydrogen (secondary N) is 1. The van der Waals surface area contributed by atoms with Crippen LogP contribution >= 0.6 is 11.3 Å². The normalized spacial score (nSPS) is 13.5. The number of nitrogens with two attached hydrogens (primary N) is 2. The number of pyridine rings is 1. The molecule has 9 nitrogen and oxygen atoms in total. The molecule has 3 aromatic heterocycles. The Bertz CT molecular complexity index is 1020. The van der Waals surface area contributed by atoms with Gasteiger partial charge in [-0.15, -0.1) is 11.3 Å². The van der Waals surface area contributed by atoms with E-state index in [1.807, 2.05) is 6.07 Å². The lowest BCUT2D eigenvalue weighted by Crippen LogP contribution is -2.18. The molecule has 0 aromatic carbocycles. The molecule has 3 aromatic rings. The number of rotatable bonds is 4. The maximum Gasteiger partial charge on any atom is 0.412 e. The molecule has 0 unspecified atom stereocenters. The highest BCUT2D eigenvalue weighted by atomic mass is 32.1. The number of nitrogen functional groups attached to an aromatic ring is 1. The molecule has 0 atom stereocenters. The van der Waals surface area contributed by atoms with Crippen molar-refractivity contribution in [1.82, 2.24) is 15.0 Å². The van der Waals surface area contributed by atoms with Crippen LogP contribution in [-0.2, 0) is 4.74 Å². The van der Waals surface area contributed by atoms with Gasteiger partial charge in [-0.3, -0.25) is 4.98 Å². The summed E-state index contributed by atoms with van der Waals surface area (Å²) in [6.45, 7) is 0. The van der Waals surface area contributed by atoms with Gasteiger partial charge in [0.1, 0.15) is 9.71 Å². The summed E-state index contributed by atoms with van der Waals surface area (Å²) in [6, 6.07) is 3.97. The Balaban J connectivity index is 1.89. The van der Waals surface area contributed by atoms with Crippen LogP contribution in [0.1, 0.15) is 22.5 Å². The first kappa shape index (κ1) is 16.2. The SMILES string of the molecule is NC(=O)OC(=O)c1sc2nc(NC3CC3)nc(-c3cccnc3)c2c1N. The maximum atomic E-state index is 12.1. The number of hydrogen-bond acceptors (Lipinski definition) is 9. The van der Waals surface area contributed by atoms with Gasteiger partial charge in [0.2, 0.25) is 5.95 Å². The topological polar surface area (TPSA) is 146 Å². The van der Waals surface area contributed by atoms with Gasteiger partial charge >= 0.3 is 12.1 Å². The Morgan fingerprint density at radius 2 is 2.12 bits per heavy atom. The highest BCUT2D eigenvalue weighted by Crippen LogP contribution is 2.39. The number of amides is 1. The lowest BCUT2D eigenvalue weighted by Gasteiger charge is -2.08. The minimum Gasteiger partial charge on any atom is -0.397 e. The summed E-state index contributed by atoms with van der Waals surface area (Å²) in [4.78, 5) is 36.7. The lowest BCUT2D eigenvalue weighted by molar-refractivity contribution is 0.0644. The van der Waals surface area contributed by atoms with E-state index in [4.69, 9.17) is 11.5 Å². The van der Waals surface area contributed by atoms with Gasteiger partial charge < -0.3 is 21.5 Å². The second-order valence-corrected chi connectivity index (χ2v) is 6.79. The van der Waals surface area contributed by atoms with E-state index in [-0.39, 0.29) is 10.6 Å². The Morgan fingerprint density at radius 1 is 1.31 bits per heavy atom. The molecule has 1 amide bonds. The van der Waals surface area contributed by atoms with Crippen LogP contribution in [0.4, 0.5) is 16.4 Å². The summed E-state index contributed by atoms with van der Waals surface area (Å²) in [7, 11) is 0. The first-order valence-electron chi connectivity index (χ1n) is 7.81. The van der Waals surface area contributed by atoms with Crippen molar-refractivity contribution in [2.24, 2.45) is 5.73 Å². The molecular weight excluding hydrogens is 356 g/mol. The van der Waals surface area contributed by atoms with E-state index in [0.29, 0.717) is 27.9 Å². The number of esters is 1. The quantitative estimate of drug-likeness (QED) is 0.467. The summed E-state index contributed by atoms with van der Waals surface area (Å²) in [6.07, 6.45) is 4.24. The molecule has 0 radical (unpaired) electrons. The Kier molecular flexibility index (Phi) is 3.88. The number of aromatic nitrogens is 3. The zero-order chi connectivity index (χ0) is 18.3. The third kappa shape index (κ3) is 3.02. The van der Waals surface area contributed by atoms with Crippen LogP contribution in [0.15, 0.2) is 24.5 Å². The van der Waals surface area contributed by atoms with Crippen LogP contribution in [0.2, 0.25) is 0 Å². The monoisotopic (exact) mass is 370 g/mol. The van der Waals surface area contributed by atoms with Crippen LogP contribution < -0.4 is 16.8 Å². The largest absolute Gasteiger partial charge is 0.412 e. The average Bonchev–Trinajstić information content (AvgIpc) is 3.36. The van der Waals surface area contributed by atoms with Crippen molar-refractivity contribution < 1.29 is 14.3 Å². The van der Waals surface area contributed by atoms with Crippen LogP contribution in [0.25, 0.3) is 21.5 Å². The molecule has 1 aliphatic carbocycles. The highest BCUT2D eigenvalue weighted by Gasteiger charge is 2.26. The summed E-state index contributed by atoms with van der Waals surface area (Å²) in [5, 5.41) is 3.76. The first-order valence-corrected chi connectivity index (χ1v) is 8.63. The van der Waals surface area contributed by atoms with Crippen molar-refractivity contribution in [2.45, 2.75) is 18.9 Å². The number of carbonyl (C=O) groups excluding carboxylic acids is 2. The number of anilines is 2. The van der Waals surface area contributed by atoms with Crippen molar-refractivity contribution in [3.05, 3.63) is 29.4 Å². The molecule has 132 valence electrons. The predicted octanol–water partition coefficient (Wildman–Crippen LogP) is 2.15. The lowest BCUT2D eigenvalue weighted by atomic mass is 10.1. The number of nitrogens with zero attached hydrogens (tertiary/aromatic N) is 3. The van der Waals surface area contributed by atoms with Gasteiger partial charge in [-0.25, -0.2) is 19.6 Å². The van der Waals surface area contributed by atoms with E-state index in [1.165, 1.54) is 0 Å². The van der Waals surface area contributed by atoms with Gasteiger partial charge in [0, 0.05) is 24.0 Å². The van der Waals surface area contributed by atoms with Crippen LogP contribution in [0, 0.1) is 0 Å². The Labute approximate surface area is 151 Å². The summed E-state index contributed by atoms with van der Waals surface area (Å²) < 4.78 is 4.45. The van der Waals surface area contributed by atoms with Crippen molar-refractivity contribution in [3.63, 3.8) is 0 Å². The second kappa shape index (κ2) is 6.23. The zero-order valence-corrected chi connectivity index (χ0v) is 14.2. The number of thiophene rings is 1. The Hall–Kier alpha value is -3.27. The second-order valence-electron chi connectivity index (χ2n) is 5.79. The van der Waals surface area contributed by atoms with Crippen LogP contribution in [-0.4, -0.2) is 33.1 Å². The summed E-state index contributed by atoms with van der Waals surface area (Å²) >= 11 is 1.03. The summed E-state index contributed by atoms with van der Waals surface area (Å²) in [5.41, 5.74) is 12.5. The fraction of sp³-hybridized carbons (Fsp3) is 0.188. The third-order valence-electron chi connectivity index (χ3n) is 3.81. The van der Waals surface area contributed by atoms with Gasteiger partial charge in [0.25, 0.3) is 0 Å². The minimum absolute atomic E-state index is 0.0572. The van der Waals surface area contributed by atoms with E-state index >= 15 is 0 Å². The molecule has 1 fully saturated rings. The maximum absolute atomic E-state index is 12.1. The minimum atomic E-state index is -1.19. The van der Waals surface area contributed by atoms with Crippen LogP contribution in [0.5, 0.6) is 0 Å². The van der Waals surface area contributed by atoms with E-state index in [1.54, 1.807) is 18.5 Å². The standard InChI is InChI=1S/C16H14N6O3S/c17-10-9-11(7-2-1-5-19-6-7)21-16(20-8-3-4-8)22-13(9)26-12(10)14(23)25-15(18)24/h1-2,5-6,8H,3-4,17H2,(H2,18,24)(H,20,21,22). The molecule has 10 heteroatoms. The van der Waals surface area contributed by atoms with E-state index < -0.39 is 12.1 Å². The zero-order valence-electron chi connectivity index (χ0n) is 13.4. The van der Waals surface area contributed by atoms with Crippen molar-refractivity contribution in [3.8, 4) is 11.3 Å². The van der Waals surface area contributed by atoms with Crippen molar-refractivity contribution in [2.75, 3.05) is 11.1 Å². The Morgan fingerprint density at radius 3 is 2.77 bits per heavy atom. The molecule has 0 saturated heterocycles. The molecule has 0 bridgehead atoms. The average molecular weight is 370 g/mol. The number of hydrogen-bond donors (Lipinski definition) is 3. The molecule has 1 saturated carbocycles. The predicted molar refractivity (Wildman–Crippen MR) is 96.7 cm³/mol. The van der Waals surface area contributed by atoms with E-state index in [9.17, 15) is 9.59 Å². The molecular formula is C16H14N6O3S. The molecule has 0 spiro atoms. The van der Waals surface area contributed by atoms with Gasteiger partial charge in [-0.2, -0.15) is 0 Å². The van der Waals surface area contributed by atoms with Gasteiger partial charge in [0.15, 0.2) is 0 Å². The fourth-order valence-electron chi connectivity index (χ4n) is 2.50. The van der Waals surface area contributed by atoms with Gasteiger partial charge in [-0.05, 0) is 25.0 Å². The number of fused-ring (bicyclic) bond motifs is 1.